The van der Waals surface area contributed by atoms with Gasteiger partial charge in [0.15, 0.2) is 0 Å². The summed E-state index contributed by atoms with van der Waals surface area (Å²) in [7, 11) is -7.52. The van der Waals surface area contributed by atoms with Crippen LogP contribution in [0.15, 0.2) is 52.8 Å². The third-order valence-electron chi connectivity index (χ3n) is 4.08. The number of nitrogens with zero attached hydrogens (tertiary/aromatic N) is 1. The Morgan fingerprint density at radius 2 is 1.61 bits per heavy atom. The van der Waals surface area contributed by atoms with Crippen molar-refractivity contribution in [3.63, 3.8) is 0 Å². The Bertz CT molecular complexity index is 1060. The standard InChI is InChI=1S/C19H23ClN2O4S2/c1-4-22(5-2)28(25,26)19-14-18(11-6-15(19)3)21-27(23,24)13-12-16-7-9-17(20)10-8-16/h6-14,21H,4-5H2,1-3H3/b13-12+. The summed E-state index contributed by atoms with van der Waals surface area (Å²) in [6.45, 7) is 5.85. The molecule has 1 N–H and O–H groups in total. The normalized spacial score (nSPS) is 12.6. The summed E-state index contributed by atoms with van der Waals surface area (Å²) < 4.78 is 54.0. The van der Waals surface area contributed by atoms with Crippen LogP contribution in [0.2, 0.25) is 5.02 Å². The molecule has 2 aromatic rings. The zero-order valence-electron chi connectivity index (χ0n) is 15.9. The van der Waals surface area contributed by atoms with E-state index in [9.17, 15) is 16.8 Å². The Morgan fingerprint density at radius 1 is 1.00 bits per heavy atom. The maximum absolute atomic E-state index is 12.8. The van der Waals surface area contributed by atoms with Crippen LogP contribution in [-0.2, 0) is 20.0 Å². The van der Waals surface area contributed by atoms with E-state index in [2.05, 4.69) is 4.72 Å². The van der Waals surface area contributed by atoms with Gasteiger partial charge in [-0.3, -0.25) is 4.72 Å². The largest absolute Gasteiger partial charge is 0.280 e. The molecule has 6 nitrogen and oxygen atoms in total. The average molecular weight is 443 g/mol. The molecule has 0 aliphatic heterocycles. The summed E-state index contributed by atoms with van der Waals surface area (Å²) in [6, 6.07) is 11.2. The van der Waals surface area contributed by atoms with Crippen molar-refractivity contribution in [1.29, 1.82) is 0 Å². The van der Waals surface area contributed by atoms with Crippen molar-refractivity contribution in [3.8, 4) is 0 Å². The molecule has 0 atom stereocenters. The molecular formula is C19H23ClN2O4S2. The number of benzene rings is 2. The Hall–Kier alpha value is -1.87. The summed E-state index contributed by atoms with van der Waals surface area (Å²) in [5.41, 5.74) is 1.40. The summed E-state index contributed by atoms with van der Waals surface area (Å²) >= 11 is 5.81. The molecule has 9 heteroatoms. The van der Waals surface area contributed by atoms with E-state index in [1.54, 1.807) is 51.1 Å². The number of halogens is 1. The van der Waals surface area contributed by atoms with Crippen molar-refractivity contribution >= 4 is 43.4 Å². The fraction of sp³-hybridized carbons (Fsp3) is 0.263. The van der Waals surface area contributed by atoms with Gasteiger partial charge in [-0.2, -0.15) is 4.31 Å². The smallest absolute Gasteiger partial charge is 0.255 e. The molecule has 0 saturated carbocycles. The molecule has 0 bridgehead atoms. The van der Waals surface area contributed by atoms with Crippen LogP contribution in [0.25, 0.3) is 6.08 Å². The van der Waals surface area contributed by atoms with Crippen LogP contribution < -0.4 is 4.72 Å². The highest BCUT2D eigenvalue weighted by Gasteiger charge is 2.24. The molecule has 0 aromatic heterocycles. The minimum atomic E-state index is -3.82. The fourth-order valence-corrected chi connectivity index (χ4v) is 5.28. The van der Waals surface area contributed by atoms with Gasteiger partial charge >= 0.3 is 0 Å². The first-order valence-corrected chi connectivity index (χ1v) is 12.0. The Balaban J connectivity index is 2.30. The van der Waals surface area contributed by atoms with Crippen LogP contribution in [0, 0.1) is 6.92 Å². The van der Waals surface area contributed by atoms with Gasteiger partial charge in [0.25, 0.3) is 10.0 Å². The first kappa shape index (κ1) is 22.4. The van der Waals surface area contributed by atoms with E-state index in [-0.39, 0.29) is 10.6 Å². The minimum Gasteiger partial charge on any atom is -0.280 e. The van der Waals surface area contributed by atoms with E-state index in [0.717, 1.165) is 5.41 Å². The molecule has 0 amide bonds. The first-order valence-electron chi connectivity index (χ1n) is 8.66. The molecule has 0 unspecified atom stereocenters. The minimum absolute atomic E-state index is 0.0816. The molecule has 0 heterocycles. The maximum atomic E-state index is 12.8. The van der Waals surface area contributed by atoms with E-state index >= 15 is 0 Å². The summed E-state index contributed by atoms with van der Waals surface area (Å²) in [4.78, 5) is 0.0816. The predicted octanol–water partition coefficient (Wildman–Crippen LogP) is 4.09. The van der Waals surface area contributed by atoms with E-state index in [1.165, 1.54) is 22.5 Å². The van der Waals surface area contributed by atoms with Crippen LogP contribution in [0.1, 0.15) is 25.0 Å². The molecule has 0 spiro atoms. The lowest BCUT2D eigenvalue weighted by molar-refractivity contribution is 0.445. The van der Waals surface area contributed by atoms with E-state index in [1.807, 2.05) is 0 Å². The van der Waals surface area contributed by atoms with Crippen molar-refractivity contribution in [1.82, 2.24) is 4.31 Å². The second-order valence-electron chi connectivity index (χ2n) is 6.07. The third-order valence-corrected chi connectivity index (χ3v) is 7.54. The second kappa shape index (κ2) is 9.09. The van der Waals surface area contributed by atoms with Crippen molar-refractivity contribution in [2.45, 2.75) is 25.7 Å². The van der Waals surface area contributed by atoms with Gasteiger partial charge in [0.1, 0.15) is 0 Å². The number of hydrogen-bond donors (Lipinski definition) is 1. The number of sulfonamides is 2. The maximum Gasteiger partial charge on any atom is 0.255 e. The van der Waals surface area contributed by atoms with Crippen LogP contribution in [0.3, 0.4) is 0 Å². The molecular weight excluding hydrogens is 420 g/mol. The molecule has 2 aromatic carbocycles. The second-order valence-corrected chi connectivity index (χ2v) is 9.98. The molecule has 0 fully saturated rings. The van der Waals surface area contributed by atoms with Gasteiger partial charge in [-0.15, -0.1) is 0 Å². The fourth-order valence-electron chi connectivity index (χ4n) is 2.58. The SMILES string of the molecule is CCN(CC)S(=O)(=O)c1cc(NS(=O)(=O)/C=C/c2ccc(Cl)cc2)ccc1C. The topological polar surface area (TPSA) is 83.6 Å². The summed E-state index contributed by atoms with van der Waals surface area (Å²) in [5, 5.41) is 1.58. The van der Waals surface area contributed by atoms with Crippen LogP contribution in [0.4, 0.5) is 5.69 Å². The summed E-state index contributed by atoms with van der Waals surface area (Å²) in [5.74, 6) is 0. The quantitative estimate of drug-likeness (QED) is 0.667. The van der Waals surface area contributed by atoms with E-state index in [0.29, 0.717) is 29.2 Å². The van der Waals surface area contributed by atoms with Gasteiger partial charge < -0.3 is 0 Å². The van der Waals surface area contributed by atoms with E-state index in [4.69, 9.17) is 11.6 Å². The van der Waals surface area contributed by atoms with Crippen LogP contribution in [0.5, 0.6) is 0 Å². The lowest BCUT2D eigenvalue weighted by Gasteiger charge is -2.20. The molecule has 0 aliphatic rings. The van der Waals surface area contributed by atoms with Crippen molar-refractivity contribution in [2.24, 2.45) is 0 Å². The van der Waals surface area contributed by atoms with Gasteiger partial charge in [0.05, 0.1) is 16.0 Å². The van der Waals surface area contributed by atoms with Crippen molar-refractivity contribution in [3.05, 3.63) is 64.0 Å². The van der Waals surface area contributed by atoms with Crippen LogP contribution >= 0.6 is 11.6 Å². The number of aryl methyl sites for hydroxylation is 1. The van der Waals surface area contributed by atoms with Gasteiger partial charge in [-0.05, 0) is 48.4 Å². The van der Waals surface area contributed by atoms with Crippen molar-refractivity contribution < 1.29 is 16.8 Å². The Kier molecular flexibility index (Phi) is 7.28. The lowest BCUT2D eigenvalue weighted by Crippen LogP contribution is -2.31. The number of anilines is 1. The highest BCUT2D eigenvalue weighted by molar-refractivity contribution is 7.95. The highest BCUT2D eigenvalue weighted by Crippen LogP contribution is 2.24. The number of nitrogens with one attached hydrogen (secondary N) is 1. The highest BCUT2D eigenvalue weighted by atomic mass is 35.5. The zero-order chi connectivity index (χ0) is 20.9. The molecule has 28 heavy (non-hydrogen) atoms. The summed E-state index contributed by atoms with van der Waals surface area (Å²) in [6.07, 6.45) is 1.43. The number of hydrogen-bond acceptors (Lipinski definition) is 4. The number of rotatable bonds is 8. The van der Waals surface area contributed by atoms with Crippen LogP contribution in [-0.4, -0.2) is 34.2 Å². The average Bonchev–Trinajstić information content (AvgIpc) is 2.63. The van der Waals surface area contributed by atoms with Gasteiger partial charge in [0.2, 0.25) is 10.0 Å². The molecule has 152 valence electrons. The lowest BCUT2D eigenvalue weighted by atomic mass is 10.2. The Morgan fingerprint density at radius 3 is 2.18 bits per heavy atom. The molecule has 0 aliphatic carbocycles. The molecule has 0 radical (unpaired) electrons. The monoisotopic (exact) mass is 442 g/mol. The van der Waals surface area contributed by atoms with Gasteiger partial charge in [-0.1, -0.05) is 43.6 Å². The molecule has 0 saturated heterocycles. The third kappa shape index (κ3) is 5.57. The van der Waals surface area contributed by atoms with Gasteiger partial charge in [-0.25, -0.2) is 16.8 Å². The van der Waals surface area contributed by atoms with E-state index < -0.39 is 20.0 Å². The zero-order valence-corrected chi connectivity index (χ0v) is 18.3. The van der Waals surface area contributed by atoms with Crippen molar-refractivity contribution in [2.75, 3.05) is 17.8 Å². The first-order chi connectivity index (χ1) is 13.1. The Labute approximate surface area is 171 Å². The predicted molar refractivity (Wildman–Crippen MR) is 114 cm³/mol. The van der Waals surface area contributed by atoms with Gasteiger partial charge in [0, 0.05) is 18.1 Å². The molecule has 2 rings (SSSR count).